The van der Waals surface area contributed by atoms with E-state index in [4.69, 9.17) is 10.1 Å². The molecule has 3 heterocycles. The quantitative estimate of drug-likeness (QED) is 0.760. The first kappa shape index (κ1) is 12.4. The minimum atomic E-state index is -0.157. The maximum Gasteiger partial charge on any atom is 0.345 e. The molecule has 2 aliphatic rings. The zero-order valence-corrected chi connectivity index (χ0v) is 10.8. The number of fused-ring (bicyclic) bond motifs is 2. The van der Waals surface area contributed by atoms with Gasteiger partial charge >= 0.3 is 6.03 Å². The van der Waals surface area contributed by atoms with E-state index in [-0.39, 0.29) is 12.1 Å². The third-order valence-corrected chi connectivity index (χ3v) is 3.24. The van der Waals surface area contributed by atoms with Crippen LogP contribution >= 0.6 is 0 Å². The van der Waals surface area contributed by atoms with Crippen molar-refractivity contribution in [3.8, 4) is 6.07 Å². The van der Waals surface area contributed by atoms with Crippen LogP contribution in [-0.4, -0.2) is 51.5 Å². The lowest BCUT2D eigenvalue weighted by Gasteiger charge is -2.21. The SMILES string of the molecule is C=CCON1C(=O)N2CC(n3cc(C#N)cn3)=CC1C2. The van der Waals surface area contributed by atoms with Crippen molar-refractivity contribution < 1.29 is 9.63 Å². The molecule has 7 nitrogen and oxygen atoms in total. The third-order valence-electron chi connectivity index (χ3n) is 3.24. The van der Waals surface area contributed by atoms with Gasteiger partial charge in [-0.1, -0.05) is 6.08 Å². The van der Waals surface area contributed by atoms with Crippen LogP contribution in [0.1, 0.15) is 5.56 Å². The molecule has 1 saturated heterocycles. The fraction of sp³-hybridized carbons (Fsp3) is 0.308. The van der Waals surface area contributed by atoms with Crippen LogP contribution < -0.4 is 0 Å². The number of aromatic nitrogens is 2. The molecule has 2 bridgehead atoms. The Hall–Kier alpha value is -2.59. The van der Waals surface area contributed by atoms with Gasteiger partial charge in [-0.3, -0.25) is 4.84 Å². The van der Waals surface area contributed by atoms with Crippen LogP contribution in [0.2, 0.25) is 0 Å². The lowest BCUT2D eigenvalue weighted by molar-refractivity contribution is -0.107. The van der Waals surface area contributed by atoms with Crippen LogP contribution in [0.5, 0.6) is 0 Å². The Balaban J connectivity index is 1.84. The normalized spacial score (nSPS) is 20.9. The van der Waals surface area contributed by atoms with Crippen LogP contribution in [0.25, 0.3) is 5.70 Å². The number of amides is 2. The number of hydrogen-bond donors (Lipinski definition) is 0. The van der Waals surface area contributed by atoms with Crippen molar-refractivity contribution in [2.24, 2.45) is 0 Å². The topological polar surface area (TPSA) is 74.4 Å². The van der Waals surface area contributed by atoms with E-state index in [2.05, 4.69) is 11.7 Å². The molecule has 0 aromatic carbocycles. The first-order valence-electron chi connectivity index (χ1n) is 6.20. The van der Waals surface area contributed by atoms with Crippen molar-refractivity contribution in [2.75, 3.05) is 19.7 Å². The number of carbonyl (C=O) groups is 1. The van der Waals surface area contributed by atoms with E-state index in [0.717, 1.165) is 5.70 Å². The molecule has 1 fully saturated rings. The molecule has 1 unspecified atom stereocenters. The average Bonchev–Trinajstić information content (AvgIpc) is 3.03. The molecule has 0 radical (unpaired) electrons. The van der Waals surface area contributed by atoms with E-state index in [9.17, 15) is 4.79 Å². The molecule has 7 heteroatoms. The highest BCUT2D eigenvalue weighted by Gasteiger charge is 2.41. The molecule has 1 atom stereocenters. The zero-order valence-electron chi connectivity index (χ0n) is 10.8. The summed E-state index contributed by atoms with van der Waals surface area (Å²) in [6.45, 7) is 4.92. The van der Waals surface area contributed by atoms with Gasteiger partial charge in [0.1, 0.15) is 6.07 Å². The van der Waals surface area contributed by atoms with Gasteiger partial charge in [-0.25, -0.2) is 9.48 Å². The molecule has 0 spiro atoms. The average molecular weight is 271 g/mol. The van der Waals surface area contributed by atoms with Gasteiger partial charge in [0.05, 0.1) is 36.7 Å². The second-order valence-corrected chi connectivity index (χ2v) is 4.58. The molecule has 0 N–H and O–H groups in total. The van der Waals surface area contributed by atoms with Crippen LogP contribution in [-0.2, 0) is 4.84 Å². The maximum atomic E-state index is 12.1. The molecule has 0 aliphatic carbocycles. The Bertz CT molecular complexity index is 627. The van der Waals surface area contributed by atoms with Crippen molar-refractivity contribution >= 4 is 11.7 Å². The van der Waals surface area contributed by atoms with E-state index in [0.29, 0.717) is 25.3 Å². The standard InChI is InChI=1S/C13H13N5O2/c1-2-3-20-18-12-4-11(8-16(9-12)13(18)19)17-7-10(5-14)6-15-17/h2,4,6-7,12H,1,3,8-9H2. The summed E-state index contributed by atoms with van der Waals surface area (Å²) in [4.78, 5) is 19.2. The minimum absolute atomic E-state index is 0.138. The van der Waals surface area contributed by atoms with Crippen LogP contribution in [0.3, 0.4) is 0 Å². The van der Waals surface area contributed by atoms with E-state index in [1.807, 2.05) is 12.1 Å². The van der Waals surface area contributed by atoms with E-state index >= 15 is 0 Å². The number of nitrogens with zero attached hydrogens (tertiary/aromatic N) is 5. The Morgan fingerprint density at radius 1 is 1.65 bits per heavy atom. The molecule has 1 aromatic rings. The van der Waals surface area contributed by atoms with Gasteiger partial charge in [-0.05, 0) is 6.08 Å². The summed E-state index contributed by atoms with van der Waals surface area (Å²) in [6.07, 6.45) is 6.69. The first-order chi connectivity index (χ1) is 9.72. The van der Waals surface area contributed by atoms with Crippen molar-refractivity contribution in [1.82, 2.24) is 19.7 Å². The summed E-state index contributed by atoms with van der Waals surface area (Å²) in [5.41, 5.74) is 1.35. The van der Waals surface area contributed by atoms with Gasteiger partial charge in [0, 0.05) is 12.7 Å². The Morgan fingerprint density at radius 2 is 2.50 bits per heavy atom. The monoisotopic (exact) mass is 271 g/mol. The van der Waals surface area contributed by atoms with Crippen LogP contribution in [0.15, 0.2) is 31.1 Å². The smallest absolute Gasteiger partial charge is 0.314 e. The molecule has 0 saturated carbocycles. The summed E-state index contributed by atoms with van der Waals surface area (Å²) in [7, 11) is 0. The molecular weight excluding hydrogens is 258 g/mol. The zero-order chi connectivity index (χ0) is 14.1. The predicted octanol–water partition coefficient (Wildman–Crippen LogP) is 0.833. The summed E-state index contributed by atoms with van der Waals surface area (Å²) in [5, 5.41) is 14.3. The van der Waals surface area contributed by atoms with E-state index in [1.54, 1.807) is 21.9 Å². The lowest BCUT2D eigenvalue weighted by Crippen LogP contribution is -2.33. The Kier molecular flexibility index (Phi) is 3.00. The number of nitriles is 1. The van der Waals surface area contributed by atoms with Crippen molar-refractivity contribution in [3.05, 3.63) is 36.7 Å². The van der Waals surface area contributed by atoms with Crippen molar-refractivity contribution in [2.45, 2.75) is 6.04 Å². The fourth-order valence-corrected chi connectivity index (χ4v) is 2.35. The summed E-state index contributed by atoms with van der Waals surface area (Å²) in [5.74, 6) is 0. The lowest BCUT2D eigenvalue weighted by atomic mass is 10.2. The largest absolute Gasteiger partial charge is 0.345 e. The molecule has 2 amide bonds. The summed E-state index contributed by atoms with van der Waals surface area (Å²) >= 11 is 0. The highest BCUT2D eigenvalue weighted by atomic mass is 16.7. The maximum absolute atomic E-state index is 12.1. The van der Waals surface area contributed by atoms with Crippen molar-refractivity contribution in [1.29, 1.82) is 5.26 Å². The fourth-order valence-electron chi connectivity index (χ4n) is 2.35. The van der Waals surface area contributed by atoms with Gasteiger partial charge in [0.15, 0.2) is 0 Å². The van der Waals surface area contributed by atoms with Gasteiger partial charge in [-0.2, -0.15) is 15.4 Å². The second kappa shape index (κ2) is 4.83. The number of rotatable bonds is 4. The summed E-state index contributed by atoms with van der Waals surface area (Å²) in [6, 6.07) is 1.74. The number of urea groups is 1. The first-order valence-corrected chi connectivity index (χ1v) is 6.20. The third kappa shape index (κ3) is 1.96. The molecule has 3 rings (SSSR count). The molecule has 20 heavy (non-hydrogen) atoms. The van der Waals surface area contributed by atoms with Gasteiger partial charge in [0.2, 0.25) is 0 Å². The Labute approximate surface area is 115 Å². The van der Waals surface area contributed by atoms with E-state index < -0.39 is 0 Å². The molecular formula is C13H13N5O2. The molecule has 2 aliphatic heterocycles. The van der Waals surface area contributed by atoms with Crippen LogP contribution in [0.4, 0.5) is 4.79 Å². The van der Waals surface area contributed by atoms with Gasteiger partial charge in [0.25, 0.3) is 0 Å². The Morgan fingerprint density at radius 3 is 3.20 bits per heavy atom. The van der Waals surface area contributed by atoms with Crippen molar-refractivity contribution in [3.63, 3.8) is 0 Å². The summed E-state index contributed by atoms with van der Waals surface area (Å²) < 4.78 is 1.63. The number of hydroxylamine groups is 2. The number of hydrogen-bond acceptors (Lipinski definition) is 4. The molecule has 102 valence electrons. The molecule has 1 aromatic heterocycles. The highest BCUT2D eigenvalue weighted by molar-refractivity contribution is 5.80. The van der Waals surface area contributed by atoms with Gasteiger partial charge < -0.3 is 4.90 Å². The van der Waals surface area contributed by atoms with Crippen LogP contribution in [0, 0.1) is 11.3 Å². The van der Waals surface area contributed by atoms with Gasteiger partial charge in [-0.15, -0.1) is 6.58 Å². The van der Waals surface area contributed by atoms with E-state index in [1.165, 1.54) is 11.3 Å². The number of carbonyl (C=O) groups excluding carboxylic acids is 1. The predicted molar refractivity (Wildman–Crippen MR) is 70.0 cm³/mol. The second-order valence-electron chi connectivity index (χ2n) is 4.58. The highest BCUT2D eigenvalue weighted by Crippen LogP contribution is 2.26. The minimum Gasteiger partial charge on any atom is -0.314 e.